The van der Waals surface area contributed by atoms with E-state index >= 15 is 0 Å². The quantitative estimate of drug-likeness (QED) is 0.696. The van der Waals surface area contributed by atoms with Crippen LogP contribution in [0.15, 0.2) is 47.5 Å². The Balaban J connectivity index is 1.69. The minimum atomic E-state index is -0.292. The minimum Gasteiger partial charge on any atom is -0.493 e. The topological polar surface area (TPSA) is 73.7 Å². The normalized spacial score (nSPS) is 15.5. The van der Waals surface area contributed by atoms with Gasteiger partial charge in [-0.15, -0.1) is 0 Å². The third-order valence-corrected chi connectivity index (χ3v) is 5.11. The molecule has 0 unspecified atom stereocenters. The molecule has 1 amide bonds. The smallest absolute Gasteiger partial charge is 0.261 e. The second-order valence-electron chi connectivity index (χ2n) is 6.85. The van der Waals surface area contributed by atoms with Crippen molar-refractivity contribution in [3.05, 3.63) is 58.6 Å². The highest BCUT2D eigenvalue weighted by Gasteiger charge is 2.30. The van der Waals surface area contributed by atoms with Crippen molar-refractivity contribution < 1.29 is 14.3 Å². The van der Waals surface area contributed by atoms with Gasteiger partial charge in [-0.05, 0) is 31.0 Å². The number of ether oxygens (including phenoxy) is 2. The van der Waals surface area contributed by atoms with Crippen LogP contribution in [0.4, 0.5) is 5.69 Å². The van der Waals surface area contributed by atoms with Gasteiger partial charge in [0.25, 0.3) is 5.56 Å². The monoisotopic (exact) mass is 379 g/mol. The van der Waals surface area contributed by atoms with Gasteiger partial charge in [-0.1, -0.05) is 18.2 Å². The van der Waals surface area contributed by atoms with E-state index in [-0.39, 0.29) is 24.1 Å². The molecule has 2 heterocycles. The van der Waals surface area contributed by atoms with Gasteiger partial charge in [0.2, 0.25) is 5.91 Å². The Morgan fingerprint density at radius 2 is 1.89 bits per heavy atom. The fourth-order valence-electron chi connectivity index (χ4n) is 3.77. The number of aromatic nitrogens is 2. The van der Waals surface area contributed by atoms with Crippen molar-refractivity contribution in [1.82, 2.24) is 9.55 Å². The van der Waals surface area contributed by atoms with Crippen molar-refractivity contribution in [1.29, 1.82) is 0 Å². The van der Waals surface area contributed by atoms with E-state index in [1.807, 2.05) is 31.2 Å². The number of amides is 1. The maximum absolute atomic E-state index is 13.0. The molecule has 0 radical (unpaired) electrons. The van der Waals surface area contributed by atoms with E-state index in [0.29, 0.717) is 22.4 Å². The highest BCUT2D eigenvalue weighted by atomic mass is 16.5. The summed E-state index contributed by atoms with van der Waals surface area (Å²) in [5, 5.41) is 0.378. The van der Waals surface area contributed by atoms with Gasteiger partial charge in [0.1, 0.15) is 6.54 Å². The number of carbonyl (C=O) groups excluding carboxylic acids is 1. The third kappa shape index (κ3) is 2.89. The van der Waals surface area contributed by atoms with Crippen molar-refractivity contribution in [2.75, 3.05) is 19.1 Å². The molecule has 7 heteroatoms. The Hall–Kier alpha value is -3.35. The van der Waals surface area contributed by atoms with Gasteiger partial charge < -0.3 is 14.4 Å². The maximum atomic E-state index is 13.0. The Labute approximate surface area is 162 Å². The predicted molar refractivity (Wildman–Crippen MR) is 106 cm³/mol. The number of nitrogens with zero attached hydrogens (tertiary/aromatic N) is 3. The molecule has 3 aromatic rings. The van der Waals surface area contributed by atoms with Crippen LogP contribution in [-0.4, -0.2) is 35.7 Å². The molecular weight excluding hydrogens is 358 g/mol. The molecule has 7 nitrogen and oxygen atoms in total. The summed E-state index contributed by atoms with van der Waals surface area (Å²) in [4.78, 5) is 32.0. The first-order chi connectivity index (χ1) is 13.5. The van der Waals surface area contributed by atoms with Crippen LogP contribution < -0.4 is 19.9 Å². The summed E-state index contributed by atoms with van der Waals surface area (Å²) in [5.74, 6) is 0.805. The van der Waals surface area contributed by atoms with Gasteiger partial charge in [0.05, 0.1) is 31.4 Å². The molecule has 1 aromatic heterocycles. The molecule has 1 aliphatic rings. The predicted octanol–water partition coefficient (Wildman–Crippen LogP) is 2.39. The van der Waals surface area contributed by atoms with Gasteiger partial charge in [0.15, 0.2) is 11.5 Å². The second-order valence-corrected chi connectivity index (χ2v) is 6.85. The number of rotatable bonds is 4. The maximum Gasteiger partial charge on any atom is 0.261 e. The molecule has 1 aliphatic heterocycles. The molecule has 0 N–H and O–H groups in total. The van der Waals surface area contributed by atoms with Crippen LogP contribution in [0.2, 0.25) is 0 Å². The molecule has 2 aromatic carbocycles. The summed E-state index contributed by atoms with van der Waals surface area (Å²) in [6.07, 6.45) is 2.21. The van der Waals surface area contributed by atoms with Crippen LogP contribution in [-0.2, 0) is 17.8 Å². The summed E-state index contributed by atoms with van der Waals surface area (Å²) in [6.45, 7) is 1.94. The lowest BCUT2D eigenvalue weighted by atomic mass is 10.1. The average Bonchev–Trinajstić information content (AvgIpc) is 3.05. The van der Waals surface area contributed by atoms with Crippen molar-refractivity contribution >= 4 is 22.5 Å². The Morgan fingerprint density at radius 3 is 2.64 bits per heavy atom. The number of hydrogen-bond acceptors (Lipinski definition) is 5. The van der Waals surface area contributed by atoms with Crippen LogP contribution in [0.1, 0.15) is 12.5 Å². The van der Waals surface area contributed by atoms with Crippen LogP contribution in [0.25, 0.3) is 10.9 Å². The zero-order valence-electron chi connectivity index (χ0n) is 16.0. The molecule has 0 saturated carbocycles. The lowest BCUT2D eigenvalue weighted by Crippen LogP contribution is -2.40. The van der Waals surface area contributed by atoms with Crippen molar-refractivity contribution in [2.45, 2.75) is 25.9 Å². The molecule has 0 aliphatic carbocycles. The van der Waals surface area contributed by atoms with E-state index in [1.54, 1.807) is 17.0 Å². The minimum absolute atomic E-state index is 0.0540. The van der Waals surface area contributed by atoms with Gasteiger partial charge >= 0.3 is 0 Å². The molecule has 0 spiro atoms. The van der Waals surface area contributed by atoms with Crippen molar-refractivity contribution in [3.8, 4) is 11.5 Å². The molecule has 144 valence electrons. The van der Waals surface area contributed by atoms with Crippen LogP contribution >= 0.6 is 0 Å². The Bertz CT molecular complexity index is 1120. The summed E-state index contributed by atoms with van der Waals surface area (Å²) in [7, 11) is 3.03. The average molecular weight is 379 g/mol. The molecule has 1 atom stereocenters. The highest BCUT2D eigenvalue weighted by Crippen LogP contribution is 2.32. The largest absolute Gasteiger partial charge is 0.493 e. The number of methoxy groups -OCH3 is 2. The number of fused-ring (bicyclic) bond motifs is 2. The van der Waals surface area contributed by atoms with E-state index in [2.05, 4.69) is 4.98 Å². The molecule has 0 saturated heterocycles. The zero-order valence-corrected chi connectivity index (χ0v) is 16.0. The Kier molecular flexibility index (Phi) is 4.50. The number of anilines is 1. The fourth-order valence-corrected chi connectivity index (χ4v) is 3.77. The van der Waals surface area contributed by atoms with E-state index in [0.717, 1.165) is 17.7 Å². The number of hydrogen-bond donors (Lipinski definition) is 0. The number of benzene rings is 2. The van der Waals surface area contributed by atoms with E-state index in [4.69, 9.17) is 9.47 Å². The zero-order chi connectivity index (χ0) is 19.8. The van der Waals surface area contributed by atoms with Gasteiger partial charge in [0, 0.05) is 17.8 Å². The highest BCUT2D eigenvalue weighted by molar-refractivity contribution is 5.96. The molecule has 28 heavy (non-hydrogen) atoms. The first-order valence-electron chi connectivity index (χ1n) is 9.04. The first kappa shape index (κ1) is 18.0. The molecule has 4 rings (SSSR count). The SMILES string of the molecule is COc1cc2ncn(CC(=O)N3c4ccccc4C[C@H]3C)c(=O)c2cc1OC. The van der Waals surface area contributed by atoms with E-state index < -0.39 is 0 Å². The van der Waals surface area contributed by atoms with Crippen LogP contribution in [0.3, 0.4) is 0 Å². The van der Waals surface area contributed by atoms with Crippen molar-refractivity contribution in [2.24, 2.45) is 0 Å². The number of carbonyl (C=O) groups is 1. The molecule has 0 fully saturated rings. The summed E-state index contributed by atoms with van der Waals surface area (Å²) < 4.78 is 11.9. The van der Waals surface area contributed by atoms with Crippen LogP contribution in [0.5, 0.6) is 11.5 Å². The van der Waals surface area contributed by atoms with Crippen LogP contribution in [0, 0.1) is 0 Å². The third-order valence-electron chi connectivity index (χ3n) is 5.11. The van der Waals surface area contributed by atoms with Gasteiger partial charge in [-0.2, -0.15) is 0 Å². The van der Waals surface area contributed by atoms with E-state index in [1.165, 1.54) is 25.1 Å². The molecule has 0 bridgehead atoms. The molecular formula is C21H21N3O4. The lowest BCUT2D eigenvalue weighted by molar-refractivity contribution is -0.119. The second kappa shape index (κ2) is 6.99. The van der Waals surface area contributed by atoms with Gasteiger partial charge in [-0.25, -0.2) is 4.98 Å². The standard InChI is InChI=1S/C21H21N3O4/c1-13-8-14-6-4-5-7-17(14)24(13)20(25)11-23-12-22-16-10-19(28-3)18(27-2)9-15(16)21(23)26/h4-7,9-10,12-13H,8,11H2,1-3H3/t13-/m1/s1. The Morgan fingerprint density at radius 1 is 1.18 bits per heavy atom. The summed E-state index contributed by atoms with van der Waals surface area (Å²) >= 11 is 0. The van der Waals surface area contributed by atoms with Crippen molar-refractivity contribution in [3.63, 3.8) is 0 Å². The van der Waals surface area contributed by atoms with Gasteiger partial charge in [-0.3, -0.25) is 14.2 Å². The lowest BCUT2D eigenvalue weighted by Gasteiger charge is -2.23. The van der Waals surface area contributed by atoms with E-state index in [9.17, 15) is 9.59 Å². The summed E-state index contributed by atoms with van der Waals surface area (Å²) in [6, 6.07) is 11.2. The number of para-hydroxylation sites is 1. The fraction of sp³-hybridized carbons (Fsp3) is 0.286. The first-order valence-corrected chi connectivity index (χ1v) is 9.04. The summed E-state index contributed by atoms with van der Waals surface area (Å²) in [5.41, 5.74) is 2.25.